The number of benzene rings is 2. The van der Waals surface area contributed by atoms with Crippen LogP contribution in [0.3, 0.4) is 0 Å². The summed E-state index contributed by atoms with van der Waals surface area (Å²) in [6.45, 7) is 11.1. The average molecular weight is 404 g/mol. The molecule has 0 aliphatic rings. The second kappa shape index (κ2) is 8.52. The third-order valence-corrected chi connectivity index (χ3v) is 4.68. The Balaban J connectivity index is 2.11. The molecule has 2 aromatic rings. The van der Waals surface area contributed by atoms with Gasteiger partial charge < -0.3 is 10.1 Å². The summed E-state index contributed by atoms with van der Waals surface area (Å²) in [6.07, 6.45) is 1.00. The molecule has 0 saturated heterocycles. The third kappa shape index (κ3) is 5.33. The molecule has 1 N–H and O–H groups in total. The molecule has 2 aromatic carbocycles. The van der Waals surface area contributed by atoms with Gasteiger partial charge in [-0.1, -0.05) is 31.5 Å². The topological polar surface area (TPSA) is 38.3 Å². The minimum Gasteiger partial charge on any atom is -0.492 e. The molecule has 0 heterocycles. The minimum atomic E-state index is -0.121. The monoisotopic (exact) mass is 403 g/mol. The standard InChI is InChI=1S/C21H26BrNO2/c1-13(2)8-9-25-19-7-6-17(12-18(19)22)21(24)23-20-15(4)10-14(3)11-16(20)5/h6-7,10-13H,8-9H2,1-5H3,(H,23,24). The number of rotatable bonds is 6. The summed E-state index contributed by atoms with van der Waals surface area (Å²) in [5, 5.41) is 3.03. The number of nitrogens with one attached hydrogen (secondary N) is 1. The first-order valence-electron chi connectivity index (χ1n) is 8.59. The SMILES string of the molecule is Cc1cc(C)c(NC(=O)c2ccc(OCCC(C)C)c(Br)c2)c(C)c1. The Labute approximate surface area is 158 Å². The van der Waals surface area contributed by atoms with Gasteiger partial charge >= 0.3 is 0 Å². The van der Waals surface area contributed by atoms with Crippen molar-refractivity contribution >= 4 is 27.5 Å². The van der Waals surface area contributed by atoms with Gasteiger partial charge in [0.1, 0.15) is 5.75 Å². The highest BCUT2D eigenvalue weighted by atomic mass is 79.9. The number of anilines is 1. The van der Waals surface area contributed by atoms with Crippen molar-refractivity contribution in [1.29, 1.82) is 0 Å². The van der Waals surface area contributed by atoms with Crippen LogP contribution in [-0.4, -0.2) is 12.5 Å². The summed E-state index contributed by atoms with van der Waals surface area (Å²) in [5.74, 6) is 1.24. The van der Waals surface area contributed by atoms with Crippen LogP contribution in [0.4, 0.5) is 5.69 Å². The highest BCUT2D eigenvalue weighted by molar-refractivity contribution is 9.10. The first-order valence-corrected chi connectivity index (χ1v) is 9.38. The van der Waals surface area contributed by atoms with E-state index in [0.717, 1.165) is 33.5 Å². The van der Waals surface area contributed by atoms with E-state index < -0.39 is 0 Å². The highest BCUT2D eigenvalue weighted by Crippen LogP contribution is 2.28. The van der Waals surface area contributed by atoms with Crippen LogP contribution >= 0.6 is 15.9 Å². The molecule has 1 amide bonds. The van der Waals surface area contributed by atoms with Crippen molar-refractivity contribution < 1.29 is 9.53 Å². The molecule has 0 radical (unpaired) electrons. The minimum absolute atomic E-state index is 0.121. The Bertz CT molecular complexity index is 745. The fourth-order valence-corrected chi connectivity index (χ4v) is 3.22. The Kier molecular flexibility index (Phi) is 6.65. The molecule has 25 heavy (non-hydrogen) atoms. The van der Waals surface area contributed by atoms with Crippen LogP contribution in [0.1, 0.15) is 47.3 Å². The lowest BCUT2D eigenvalue weighted by Crippen LogP contribution is -2.14. The van der Waals surface area contributed by atoms with Crippen molar-refractivity contribution in [2.75, 3.05) is 11.9 Å². The Morgan fingerprint density at radius 2 is 1.76 bits per heavy atom. The van der Waals surface area contributed by atoms with Crippen LogP contribution in [0, 0.1) is 26.7 Å². The van der Waals surface area contributed by atoms with Crippen LogP contribution < -0.4 is 10.1 Å². The van der Waals surface area contributed by atoms with Gasteiger partial charge in [0.2, 0.25) is 0 Å². The second-order valence-electron chi connectivity index (χ2n) is 6.90. The van der Waals surface area contributed by atoms with Crippen LogP contribution in [0.2, 0.25) is 0 Å². The maximum Gasteiger partial charge on any atom is 0.255 e. The smallest absolute Gasteiger partial charge is 0.255 e. The number of carbonyl (C=O) groups is 1. The van der Waals surface area contributed by atoms with E-state index in [1.807, 2.05) is 19.9 Å². The van der Waals surface area contributed by atoms with Crippen LogP contribution in [0.5, 0.6) is 5.75 Å². The van der Waals surface area contributed by atoms with Crippen molar-refractivity contribution in [2.24, 2.45) is 5.92 Å². The molecule has 0 aliphatic heterocycles. The predicted octanol–water partition coefficient (Wildman–Crippen LogP) is 6.05. The summed E-state index contributed by atoms with van der Waals surface area (Å²) >= 11 is 3.50. The molecule has 0 spiro atoms. The lowest BCUT2D eigenvalue weighted by atomic mass is 10.0. The first kappa shape index (κ1) is 19.5. The summed E-state index contributed by atoms with van der Waals surface area (Å²) in [6, 6.07) is 9.59. The number of amides is 1. The molecule has 0 aromatic heterocycles. The number of ether oxygens (including phenoxy) is 1. The van der Waals surface area contributed by atoms with E-state index in [2.05, 4.69) is 54.2 Å². The molecular formula is C21H26BrNO2. The predicted molar refractivity (Wildman–Crippen MR) is 108 cm³/mol. The third-order valence-electron chi connectivity index (χ3n) is 4.06. The van der Waals surface area contributed by atoms with Crippen molar-refractivity contribution in [3.63, 3.8) is 0 Å². The van der Waals surface area contributed by atoms with Gasteiger partial charge in [0.25, 0.3) is 5.91 Å². The van der Waals surface area contributed by atoms with Crippen molar-refractivity contribution in [1.82, 2.24) is 0 Å². The van der Waals surface area contributed by atoms with Crippen LogP contribution in [-0.2, 0) is 0 Å². The second-order valence-corrected chi connectivity index (χ2v) is 7.76. The van der Waals surface area contributed by atoms with E-state index in [-0.39, 0.29) is 5.91 Å². The fraction of sp³-hybridized carbons (Fsp3) is 0.381. The van der Waals surface area contributed by atoms with E-state index in [1.165, 1.54) is 5.56 Å². The van der Waals surface area contributed by atoms with Crippen molar-refractivity contribution in [3.05, 3.63) is 57.1 Å². The number of hydrogen-bond acceptors (Lipinski definition) is 2. The number of hydrogen-bond donors (Lipinski definition) is 1. The van der Waals surface area contributed by atoms with Gasteiger partial charge in [-0.25, -0.2) is 0 Å². The van der Waals surface area contributed by atoms with Gasteiger partial charge in [-0.2, -0.15) is 0 Å². The van der Waals surface area contributed by atoms with Gasteiger partial charge in [-0.05, 0) is 78.4 Å². The molecular weight excluding hydrogens is 378 g/mol. The molecule has 0 bridgehead atoms. The zero-order valence-electron chi connectivity index (χ0n) is 15.6. The van der Waals surface area contributed by atoms with Crippen LogP contribution in [0.15, 0.2) is 34.8 Å². The van der Waals surface area contributed by atoms with Gasteiger partial charge in [0.05, 0.1) is 11.1 Å². The molecule has 0 unspecified atom stereocenters. The van der Waals surface area contributed by atoms with E-state index >= 15 is 0 Å². The largest absolute Gasteiger partial charge is 0.492 e. The van der Waals surface area contributed by atoms with Gasteiger partial charge in [-0.15, -0.1) is 0 Å². The summed E-state index contributed by atoms with van der Waals surface area (Å²) in [5.41, 5.74) is 4.81. The average Bonchev–Trinajstić information content (AvgIpc) is 2.51. The van der Waals surface area contributed by atoms with E-state index in [4.69, 9.17) is 4.74 Å². The van der Waals surface area contributed by atoms with Crippen molar-refractivity contribution in [3.8, 4) is 5.75 Å². The summed E-state index contributed by atoms with van der Waals surface area (Å²) < 4.78 is 6.57. The van der Waals surface area contributed by atoms with E-state index in [0.29, 0.717) is 18.1 Å². The first-order chi connectivity index (χ1) is 11.8. The summed E-state index contributed by atoms with van der Waals surface area (Å²) in [4.78, 5) is 12.6. The quantitative estimate of drug-likeness (QED) is 0.636. The lowest BCUT2D eigenvalue weighted by Gasteiger charge is -2.14. The molecule has 0 aliphatic carbocycles. The normalized spacial score (nSPS) is 10.8. The molecule has 134 valence electrons. The zero-order chi connectivity index (χ0) is 18.6. The van der Waals surface area contributed by atoms with Gasteiger partial charge in [0, 0.05) is 11.3 Å². The van der Waals surface area contributed by atoms with E-state index in [1.54, 1.807) is 12.1 Å². The highest BCUT2D eigenvalue weighted by Gasteiger charge is 2.12. The Morgan fingerprint density at radius 1 is 1.12 bits per heavy atom. The molecule has 0 atom stereocenters. The molecule has 3 nitrogen and oxygen atoms in total. The van der Waals surface area contributed by atoms with Gasteiger partial charge in [0.15, 0.2) is 0 Å². The molecule has 0 saturated carbocycles. The maximum absolute atomic E-state index is 12.6. The fourth-order valence-electron chi connectivity index (χ4n) is 2.73. The number of halogens is 1. The lowest BCUT2D eigenvalue weighted by molar-refractivity contribution is 0.102. The number of aryl methyl sites for hydroxylation is 3. The molecule has 2 rings (SSSR count). The van der Waals surface area contributed by atoms with Crippen molar-refractivity contribution in [2.45, 2.75) is 41.0 Å². The maximum atomic E-state index is 12.6. The summed E-state index contributed by atoms with van der Waals surface area (Å²) in [7, 11) is 0. The van der Waals surface area contributed by atoms with Gasteiger partial charge in [-0.3, -0.25) is 4.79 Å². The van der Waals surface area contributed by atoms with E-state index in [9.17, 15) is 4.79 Å². The zero-order valence-corrected chi connectivity index (χ0v) is 17.2. The molecule has 0 fully saturated rings. The number of carbonyl (C=O) groups excluding carboxylic acids is 1. The Hall–Kier alpha value is -1.81. The molecule has 4 heteroatoms. The van der Waals surface area contributed by atoms with Crippen LogP contribution in [0.25, 0.3) is 0 Å². The Morgan fingerprint density at radius 3 is 2.32 bits per heavy atom.